The molecule has 1 saturated heterocycles. The molecule has 4 aromatic rings. The number of thiophene rings is 1. The summed E-state index contributed by atoms with van der Waals surface area (Å²) in [6.45, 7) is 2.88. The number of fused-ring (bicyclic) bond motifs is 1. The molecular formula is C24H21N5O3S. The average Bonchev–Trinajstić information content (AvgIpc) is 3.56. The lowest BCUT2D eigenvalue weighted by molar-refractivity contribution is -0.139. The van der Waals surface area contributed by atoms with Crippen molar-refractivity contribution >= 4 is 45.8 Å². The smallest absolute Gasteiger partial charge is 0.256 e. The van der Waals surface area contributed by atoms with Gasteiger partial charge in [0.05, 0.1) is 34.3 Å². The molecule has 33 heavy (non-hydrogen) atoms. The molecule has 9 heteroatoms. The highest BCUT2D eigenvalue weighted by Gasteiger charge is 2.28. The molecule has 8 nitrogen and oxygen atoms in total. The van der Waals surface area contributed by atoms with E-state index < -0.39 is 0 Å². The van der Waals surface area contributed by atoms with Crippen molar-refractivity contribution in [1.82, 2.24) is 19.7 Å². The van der Waals surface area contributed by atoms with Crippen LogP contribution in [0.25, 0.3) is 21.6 Å². The van der Waals surface area contributed by atoms with Gasteiger partial charge in [0.2, 0.25) is 11.8 Å². The van der Waals surface area contributed by atoms with Crippen molar-refractivity contribution in [3.8, 4) is 10.6 Å². The molecule has 166 valence electrons. The number of rotatable bonds is 6. The number of imide groups is 1. The van der Waals surface area contributed by atoms with Gasteiger partial charge in [-0.2, -0.15) is 5.10 Å². The van der Waals surface area contributed by atoms with E-state index in [0.29, 0.717) is 28.8 Å². The Morgan fingerprint density at radius 2 is 1.88 bits per heavy atom. The van der Waals surface area contributed by atoms with Gasteiger partial charge in [-0.05, 0) is 42.1 Å². The topological polar surface area (TPSA) is 97.2 Å². The zero-order chi connectivity index (χ0) is 22.9. The molecule has 3 amide bonds. The van der Waals surface area contributed by atoms with Crippen molar-refractivity contribution in [2.45, 2.75) is 32.9 Å². The molecule has 1 aliphatic rings. The number of pyridine rings is 1. The number of amides is 3. The van der Waals surface area contributed by atoms with E-state index >= 15 is 0 Å². The van der Waals surface area contributed by atoms with Crippen molar-refractivity contribution in [3.05, 3.63) is 65.2 Å². The summed E-state index contributed by atoms with van der Waals surface area (Å²) >= 11 is 1.56. The second kappa shape index (κ2) is 8.59. The molecular weight excluding hydrogens is 438 g/mol. The van der Waals surface area contributed by atoms with Crippen LogP contribution in [-0.4, -0.2) is 37.4 Å². The van der Waals surface area contributed by atoms with Crippen molar-refractivity contribution in [2.24, 2.45) is 0 Å². The van der Waals surface area contributed by atoms with E-state index in [0.717, 1.165) is 16.1 Å². The largest absolute Gasteiger partial charge is 0.322 e. The van der Waals surface area contributed by atoms with Gasteiger partial charge in [0.25, 0.3) is 5.91 Å². The Bertz CT molecular complexity index is 1340. The number of nitrogens with zero attached hydrogens (tertiary/aromatic N) is 4. The third-order valence-electron chi connectivity index (χ3n) is 5.63. The van der Waals surface area contributed by atoms with E-state index in [4.69, 9.17) is 4.98 Å². The predicted octanol–water partition coefficient (Wildman–Crippen LogP) is 4.08. The highest BCUT2D eigenvalue weighted by Crippen LogP contribution is 2.28. The molecule has 0 spiro atoms. The van der Waals surface area contributed by atoms with Crippen molar-refractivity contribution in [1.29, 1.82) is 0 Å². The summed E-state index contributed by atoms with van der Waals surface area (Å²) in [5, 5.41) is 9.98. The number of carbonyl (C=O) groups is 3. The van der Waals surface area contributed by atoms with Crippen LogP contribution in [0.2, 0.25) is 0 Å². The molecule has 0 bridgehead atoms. The zero-order valence-electron chi connectivity index (χ0n) is 17.9. The molecule has 4 heterocycles. The minimum Gasteiger partial charge on any atom is -0.322 e. The highest BCUT2D eigenvalue weighted by atomic mass is 32.1. The first-order valence-corrected chi connectivity index (χ1v) is 11.6. The summed E-state index contributed by atoms with van der Waals surface area (Å²) in [5.74, 6) is -0.546. The van der Waals surface area contributed by atoms with Gasteiger partial charge in [0.1, 0.15) is 0 Å². The quantitative estimate of drug-likeness (QED) is 0.438. The fourth-order valence-corrected chi connectivity index (χ4v) is 4.58. The number of benzene rings is 1. The highest BCUT2D eigenvalue weighted by molar-refractivity contribution is 7.13. The number of hydrogen-bond acceptors (Lipinski definition) is 6. The number of aromatic nitrogens is 3. The average molecular weight is 460 g/mol. The van der Waals surface area contributed by atoms with Crippen LogP contribution in [0.3, 0.4) is 0 Å². The Morgan fingerprint density at radius 3 is 2.55 bits per heavy atom. The lowest BCUT2D eigenvalue weighted by atomic mass is 10.1. The standard InChI is InChI=1S/C24H21N5O3S/c1-2-29-23-18(13-25-29)17(12-19(27-23)20-4-3-11-33-20)24(32)26-16-7-5-15(6-8-16)14-28-21(30)9-10-22(28)31/h3-8,11-13H,2,9-10,14H2,1H3,(H,26,32). The number of carbonyl (C=O) groups excluding carboxylic acids is 3. The maximum absolute atomic E-state index is 13.2. The van der Waals surface area contributed by atoms with Gasteiger partial charge < -0.3 is 5.32 Å². The van der Waals surface area contributed by atoms with Gasteiger partial charge in [-0.1, -0.05) is 18.2 Å². The van der Waals surface area contributed by atoms with Crippen LogP contribution in [0.4, 0.5) is 5.69 Å². The second-order valence-corrected chi connectivity index (χ2v) is 8.70. The lowest BCUT2D eigenvalue weighted by Crippen LogP contribution is -2.28. The number of hydrogen-bond donors (Lipinski definition) is 1. The normalized spacial score (nSPS) is 13.8. The van der Waals surface area contributed by atoms with Crippen LogP contribution < -0.4 is 5.32 Å². The molecule has 1 aliphatic heterocycles. The van der Waals surface area contributed by atoms with Gasteiger partial charge in [-0.25, -0.2) is 9.67 Å². The summed E-state index contributed by atoms with van der Waals surface area (Å²) in [6.07, 6.45) is 2.22. The second-order valence-electron chi connectivity index (χ2n) is 7.75. The van der Waals surface area contributed by atoms with Crippen molar-refractivity contribution in [3.63, 3.8) is 0 Å². The van der Waals surface area contributed by atoms with Crippen LogP contribution in [0.1, 0.15) is 35.7 Å². The van der Waals surface area contributed by atoms with Crippen LogP contribution in [0, 0.1) is 0 Å². The van der Waals surface area contributed by atoms with E-state index in [9.17, 15) is 14.4 Å². The third-order valence-corrected chi connectivity index (χ3v) is 6.53. The van der Waals surface area contributed by atoms with Gasteiger partial charge in [0.15, 0.2) is 5.65 Å². The molecule has 0 saturated carbocycles. The Morgan fingerprint density at radius 1 is 1.12 bits per heavy atom. The van der Waals surface area contributed by atoms with E-state index in [1.807, 2.05) is 36.6 Å². The van der Waals surface area contributed by atoms with E-state index in [1.54, 1.807) is 40.4 Å². The molecule has 1 aromatic carbocycles. The van der Waals surface area contributed by atoms with E-state index in [2.05, 4.69) is 10.4 Å². The van der Waals surface area contributed by atoms with Crippen LogP contribution >= 0.6 is 11.3 Å². The molecule has 1 fully saturated rings. The maximum atomic E-state index is 13.2. The lowest BCUT2D eigenvalue weighted by Gasteiger charge is -2.14. The number of likely N-dealkylation sites (tertiary alicyclic amines) is 1. The SMILES string of the molecule is CCn1ncc2c(C(=O)Nc3ccc(CN4C(=O)CCC4=O)cc3)cc(-c3cccs3)nc21. The summed E-state index contributed by atoms with van der Waals surface area (Å²) in [5.41, 5.74) is 3.35. The van der Waals surface area contributed by atoms with Crippen molar-refractivity contribution < 1.29 is 14.4 Å². The number of anilines is 1. The summed E-state index contributed by atoms with van der Waals surface area (Å²) in [7, 11) is 0. The zero-order valence-corrected chi connectivity index (χ0v) is 18.8. The molecule has 0 aliphatic carbocycles. The number of nitrogens with one attached hydrogen (secondary N) is 1. The first-order chi connectivity index (χ1) is 16.0. The predicted molar refractivity (Wildman–Crippen MR) is 126 cm³/mol. The van der Waals surface area contributed by atoms with Crippen molar-refractivity contribution in [2.75, 3.05) is 5.32 Å². The Labute approximate surface area is 193 Å². The van der Waals surface area contributed by atoms with Gasteiger partial charge in [-0.3, -0.25) is 19.3 Å². The van der Waals surface area contributed by atoms with Crippen LogP contribution in [0.5, 0.6) is 0 Å². The maximum Gasteiger partial charge on any atom is 0.256 e. The van der Waals surface area contributed by atoms with E-state index in [-0.39, 0.29) is 37.1 Å². The van der Waals surface area contributed by atoms with Crippen LogP contribution in [-0.2, 0) is 22.7 Å². The minimum absolute atomic E-state index is 0.145. The molecule has 0 unspecified atom stereocenters. The Balaban J connectivity index is 1.40. The molecule has 0 atom stereocenters. The first-order valence-electron chi connectivity index (χ1n) is 10.7. The molecule has 0 radical (unpaired) electrons. The fraction of sp³-hybridized carbons (Fsp3) is 0.208. The van der Waals surface area contributed by atoms with E-state index in [1.165, 1.54) is 4.90 Å². The first kappa shape index (κ1) is 21.0. The monoisotopic (exact) mass is 459 g/mol. The van der Waals surface area contributed by atoms with Gasteiger partial charge in [0, 0.05) is 25.1 Å². The van der Waals surface area contributed by atoms with Gasteiger partial charge >= 0.3 is 0 Å². The minimum atomic E-state index is -0.256. The van der Waals surface area contributed by atoms with Crippen LogP contribution in [0.15, 0.2) is 54.0 Å². The Hall–Kier alpha value is -3.85. The number of aryl methyl sites for hydroxylation is 1. The fourth-order valence-electron chi connectivity index (χ4n) is 3.89. The summed E-state index contributed by atoms with van der Waals surface area (Å²) < 4.78 is 1.78. The summed E-state index contributed by atoms with van der Waals surface area (Å²) in [6, 6.07) is 12.9. The summed E-state index contributed by atoms with van der Waals surface area (Å²) in [4.78, 5) is 43.9. The third kappa shape index (κ3) is 4.03. The Kier molecular flexibility index (Phi) is 5.47. The van der Waals surface area contributed by atoms with Gasteiger partial charge in [-0.15, -0.1) is 11.3 Å². The molecule has 1 N–H and O–H groups in total. The molecule has 3 aromatic heterocycles. The molecule has 5 rings (SSSR count).